The Morgan fingerprint density at radius 2 is 2.00 bits per heavy atom. The van der Waals surface area contributed by atoms with Crippen LogP contribution >= 0.6 is 0 Å². The van der Waals surface area contributed by atoms with Crippen LogP contribution in [0, 0.1) is 23.0 Å². The fourth-order valence-corrected chi connectivity index (χ4v) is 1.71. The molecule has 21 heavy (non-hydrogen) atoms. The van der Waals surface area contributed by atoms with Crippen molar-refractivity contribution in [2.24, 2.45) is 0 Å². The van der Waals surface area contributed by atoms with Crippen LogP contribution in [0.4, 0.5) is 8.78 Å². The zero-order chi connectivity index (χ0) is 15.4. The molecule has 0 fully saturated rings. The number of carboxylic acid groups (broad SMARTS) is 1. The van der Waals surface area contributed by atoms with E-state index in [0.29, 0.717) is 5.56 Å². The average Bonchev–Trinajstić information content (AvgIpc) is 2.45. The van der Waals surface area contributed by atoms with Crippen molar-refractivity contribution < 1.29 is 23.4 Å². The lowest BCUT2D eigenvalue weighted by atomic mass is 10.1. The van der Waals surface area contributed by atoms with Gasteiger partial charge in [-0.3, -0.25) is 0 Å². The monoisotopic (exact) mass is 289 g/mol. The SMILES string of the molecule is N#Cc1ccc(F)cc1COc1ccc(C(=O)O)c(F)c1. The number of carbonyl (C=O) groups is 1. The van der Waals surface area contributed by atoms with Crippen LogP contribution in [0.1, 0.15) is 21.5 Å². The number of benzene rings is 2. The van der Waals surface area contributed by atoms with Crippen molar-refractivity contribution in [2.75, 3.05) is 0 Å². The predicted molar refractivity (Wildman–Crippen MR) is 68.8 cm³/mol. The van der Waals surface area contributed by atoms with E-state index in [1.54, 1.807) is 0 Å². The van der Waals surface area contributed by atoms with E-state index < -0.39 is 23.2 Å². The molecule has 4 nitrogen and oxygen atoms in total. The number of carboxylic acids is 1. The molecule has 0 spiro atoms. The molecule has 106 valence electrons. The Labute approximate surface area is 118 Å². The molecule has 0 aliphatic heterocycles. The predicted octanol–water partition coefficient (Wildman–Crippen LogP) is 3.11. The van der Waals surface area contributed by atoms with Crippen molar-refractivity contribution >= 4 is 5.97 Å². The maximum Gasteiger partial charge on any atom is 0.338 e. The summed E-state index contributed by atoms with van der Waals surface area (Å²) < 4.78 is 31.8. The standard InChI is InChI=1S/C15H9F2NO3/c16-11-2-1-9(7-18)10(5-11)8-21-12-3-4-13(15(19)20)14(17)6-12/h1-6H,8H2,(H,19,20). The molecule has 2 aromatic rings. The number of nitriles is 1. The fraction of sp³-hybridized carbons (Fsp3) is 0.0667. The number of hydrogen-bond acceptors (Lipinski definition) is 3. The van der Waals surface area contributed by atoms with Gasteiger partial charge in [0.15, 0.2) is 0 Å². The van der Waals surface area contributed by atoms with Crippen molar-refractivity contribution in [2.45, 2.75) is 6.61 Å². The van der Waals surface area contributed by atoms with Crippen LogP contribution in [0.2, 0.25) is 0 Å². The number of aromatic carboxylic acids is 1. The Morgan fingerprint density at radius 1 is 1.24 bits per heavy atom. The van der Waals surface area contributed by atoms with Gasteiger partial charge in [-0.05, 0) is 30.3 Å². The van der Waals surface area contributed by atoms with Gasteiger partial charge in [-0.15, -0.1) is 0 Å². The molecular formula is C15H9F2NO3. The summed E-state index contributed by atoms with van der Waals surface area (Å²) in [6.45, 7) is -0.132. The number of ether oxygens (including phenoxy) is 1. The summed E-state index contributed by atoms with van der Waals surface area (Å²) in [6, 6.07) is 8.82. The van der Waals surface area contributed by atoms with Gasteiger partial charge in [0.2, 0.25) is 0 Å². The molecule has 0 aliphatic rings. The summed E-state index contributed by atoms with van der Waals surface area (Å²) in [7, 11) is 0. The molecule has 0 amide bonds. The third-order valence-electron chi connectivity index (χ3n) is 2.75. The van der Waals surface area contributed by atoms with Crippen LogP contribution in [0.15, 0.2) is 36.4 Å². The third-order valence-corrected chi connectivity index (χ3v) is 2.75. The highest BCUT2D eigenvalue weighted by Crippen LogP contribution is 2.19. The minimum absolute atomic E-state index is 0.0886. The van der Waals surface area contributed by atoms with Gasteiger partial charge in [-0.2, -0.15) is 5.26 Å². The molecule has 0 aliphatic carbocycles. The summed E-state index contributed by atoms with van der Waals surface area (Å²) in [4.78, 5) is 10.7. The molecule has 2 aromatic carbocycles. The van der Waals surface area contributed by atoms with E-state index in [1.165, 1.54) is 12.1 Å². The van der Waals surface area contributed by atoms with Gasteiger partial charge in [0.25, 0.3) is 0 Å². The van der Waals surface area contributed by atoms with E-state index in [0.717, 1.165) is 24.3 Å². The highest BCUT2D eigenvalue weighted by Gasteiger charge is 2.11. The smallest absolute Gasteiger partial charge is 0.338 e. The first kappa shape index (κ1) is 14.5. The molecule has 0 saturated heterocycles. The maximum atomic E-state index is 13.5. The molecule has 2 rings (SSSR count). The Morgan fingerprint density at radius 3 is 2.62 bits per heavy atom. The van der Waals surface area contributed by atoms with E-state index >= 15 is 0 Å². The fourth-order valence-electron chi connectivity index (χ4n) is 1.71. The summed E-state index contributed by atoms with van der Waals surface area (Å²) in [6.07, 6.45) is 0. The largest absolute Gasteiger partial charge is 0.489 e. The number of nitrogens with zero attached hydrogens (tertiary/aromatic N) is 1. The lowest BCUT2D eigenvalue weighted by Gasteiger charge is -2.08. The van der Waals surface area contributed by atoms with E-state index in [2.05, 4.69) is 0 Å². The van der Waals surface area contributed by atoms with Gasteiger partial charge < -0.3 is 9.84 Å². The van der Waals surface area contributed by atoms with Crippen molar-refractivity contribution in [3.05, 3.63) is 64.7 Å². The highest BCUT2D eigenvalue weighted by atomic mass is 19.1. The Bertz CT molecular complexity index is 738. The third kappa shape index (κ3) is 3.34. The molecule has 1 N–H and O–H groups in total. The van der Waals surface area contributed by atoms with Gasteiger partial charge in [-0.1, -0.05) is 0 Å². The molecule has 6 heteroatoms. The highest BCUT2D eigenvalue weighted by molar-refractivity contribution is 5.88. The molecule has 0 unspecified atom stereocenters. The Hall–Kier alpha value is -2.94. The summed E-state index contributed by atoms with van der Waals surface area (Å²) in [5.41, 5.74) is 0.102. The van der Waals surface area contributed by atoms with Crippen molar-refractivity contribution in [1.82, 2.24) is 0 Å². The van der Waals surface area contributed by atoms with Gasteiger partial charge >= 0.3 is 5.97 Å². The second kappa shape index (κ2) is 6.01. The van der Waals surface area contributed by atoms with Crippen molar-refractivity contribution in [1.29, 1.82) is 5.26 Å². The van der Waals surface area contributed by atoms with E-state index in [-0.39, 0.29) is 17.9 Å². The van der Waals surface area contributed by atoms with E-state index in [9.17, 15) is 13.6 Å². The molecule has 0 atom stereocenters. The lowest BCUT2D eigenvalue weighted by Crippen LogP contribution is -2.03. The molecule has 0 aromatic heterocycles. The van der Waals surface area contributed by atoms with Gasteiger partial charge in [0.1, 0.15) is 24.0 Å². The van der Waals surface area contributed by atoms with Crippen molar-refractivity contribution in [3.63, 3.8) is 0 Å². The number of rotatable bonds is 4. The molecule has 0 radical (unpaired) electrons. The zero-order valence-electron chi connectivity index (χ0n) is 10.6. The second-order valence-corrected chi connectivity index (χ2v) is 4.15. The molecule has 0 saturated carbocycles. The summed E-state index contributed by atoms with van der Waals surface area (Å²) >= 11 is 0. The number of halogens is 2. The summed E-state index contributed by atoms with van der Waals surface area (Å²) in [5, 5.41) is 17.6. The normalized spacial score (nSPS) is 9.95. The van der Waals surface area contributed by atoms with Crippen LogP contribution in [0.25, 0.3) is 0 Å². The van der Waals surface area contributed by atoms with E-state index in [1.807, 2.05) is 6.07 Å². The van der Waals surface area contributed by atoms with Crippen LogP contribution in [-0.2, 0) is 6.61 Å². The minimum Gasteiger partial charge on any atom is -0.489 e. The van der Waals surface area contributed by atoms with E-state index in [4.69, 9.17) is 15.1 Å². The van der Waals surface area contributed by atoms with Crippen LogP contribution < -0.4 is 4.74 Å². The number of hydrogen-bond donors (Lipinski definition) is 1. The summed E-state index contributed by atoms with van der Waals surface area (Å²) in [5.74, 6) is -2.73. The molecular weight excluding hydrogens is 280 g/mol. The zero-order valence-corrected chi connectivity index (χ0v) is 10.6. The Kier molecular flexibility index (Phi) is 4.14. The first-order valence-electron chi connectivity index (χ1n) is 5.85. The van der Waals surface area contributed by atoms with Gasteiger partial charge in [-0.25, -0.2) is 13.6 Å². The van der Waals surface area contributed by atoms with Gasteiger partial charge in [0, 0.05) is 11.6 Å². The average molecular weight is 289 g/mol. The van der Waals surface area contributed by atoms with Crippen LogP contribution in [0.3, 0.4) is 0 Å². The first-order valence-corrected chi connectivity index (χ1v) is 5.85. The van der Waals surface area contributed by atoms with Gasteiger partial charge in [0.05, 0.1) is 17.2 Å². The van der Waals surface area contributed by atoms with Crippen LogP contribution in [0.5, 0.6) is 5.75 Å². The lowest BCUT2D eigenvalue weighted by molar-refractivity contribution is 0.0692. The van der Waals surface area contributed by atoms with Crippen molar-refractivity contribution in [3.8, 4) is 11.8 Å². The maximum absolute atomic E-state index is 13.5. The topological polar surface area (TPSA) is 70.3 Å². The minimum atomic E-state index is -1.38. The Balaban J connectivity index is 2.17. The quantitative estimate of drug-likeness (QED) is 0.938. The first-order chi connectivity index (χ1) is 10.0. The molecule has 0 heterocycles. The molecule has 0 bridgehead atoms. The second-order valence-electron chi connectivity index (χ2n) is 4.15. The van der Waals surface area contributed by atoms with Crippen LogP contribution in [-0.4, -0.2) is 11.1 Å².